The minimum absolute atomic E-state index is 0.164. The van der Waals surface area contributed by atoms with Gasteiger partial charge in [0.2, 0.25) is 0 Å². The molecular formula is C9H16N2O2. The predicted octanol–water partition coefficient (Wildman–Crippen LogP) is 0.614. The first-order valence-electron chi connectivity index (χ1n) is 4.46. The average Bonchev–Trinajstić information content (AvgIpc) is 2.51. The molecule has 74 valence electrons. The number of carbonyl (C=O) groups excluding carboxylic acids is 1. The SMILES string of the molecule is CCOC(=O)[C@@H](C)N1C=CN(C)C1. The average molecular weight is 184 g/mol. The van der Waals surface area contributed by atoms with Crippen LogP contribution in [-0.4, -0.2) is 42.1 Å². The molecule has 0 amide bonds. The fraction of sp³-hybridized carbons (Fsp3) is 0.667. The quantitative estimate of drug-likeness (QED) is 0.602. The molecule has 4 nitrogen and oxygen atoms in total. The van der Waals surface area contributed by atoms with Crippen LogP contribution >= 0.6 is 0 Å². The van der Waals surface area contributed by atoms with Crippen LogP contribution in [0.2, 0.25) is 0 Å². The van der Waals surface area contributed by atoms with Gasteiger partial charge in [-0.1, -0.05) is 0 Å². The number of rotatable bonds is 3. The van der Waals surface area contributed by atoms with E-state index in [1.165, 1.54) is 0 Å². The largest absolute Gasteiger partial charge is 0.464 e. The van der Waals surface area contributed by atoms with Crippen LogP contribution in [0.1, 0.15) is 13.8 Å². The van der Waals surface area contributed by atoms with Gasteiger partial charge in [-0.15, -0.1) is 0 Å². The third-order valence-electron chi connectivity index (χ3n) is 2.02. The molecule has 0 aromatic heterocycles. The fourth-order valence-corrected chi connectivity index (χ4v) is 1.20. The number of carbonyl (C=O) groups is 1. The normalized spacial score (nSPS) is 17.8. The molecule has 0 saturated carbocycles. The third-order valence-corrected chi connectivity index (χ3v) is 2.02. The Hall–Kier alpha value is -1.19. The lowest BCUT2D eigenvalue weighted by atomic mass is 10.3. The Bertz CT molecular complexity index is 216. The monoisotopic (exact) mass is 184 g/mol. The summed E-state index contributed by atoms with van der Waals surface area (Å²) >= 11 is 0. The van der Waals surface area contributed by atoms with E-state index < -0.39 is 0 Å². The highest BCUT2D eigenvalue weighted by atomic mass is 16.5. The Balaban J connectivity index is 2.44. The molecule has 0 unspecified atom stereocenters. The zero-order valence-corrected chi connectivity index (χ0v) is 8.36. The second kappa shape index (κ2) is 4.16. The Labute approximate surface area is 78.8 Å². The van der Waals surface area contributed by atoms with Crippen LogP contribution in [-0.2, 0) is 9.53 Å². The van der Waals surface area contributed by atoms with Gasteiger partial charge in [0.25, 0.3) is 0 Å². The molecule has 4 heteroatoms. The minimum atomic E-state index is -0.193. The first-order valence-corrected chi connectivity index (χ1v) is 4.46. The highest BCUT2D eigenvalue weighted by Crippen LogP contribution is 2.09. The van der Waals surface area contributed by atoms with Gasteiger partial charge in [-0.25, -0.2) is 4.79 Å². The van der Waals surface area contributed by atoms with Crippen molar-refractivity contribution in [3.05, 3.63) is 12.4 Å². The van der Waals surface area contributed by atoms with E-state index in [0.717, 1.165) is 6.67 Å². The Morgan fingerprint density at radius 2 is 2.31 bits per heavy atom. The second-order valence-corrected chi connectivity index (χ2v) is 3.14. The molecule has 13 heavy (non-hydrogen) atoms. The van der Waals surface area contributed by atoms with Crippen molar-refractivity contribution in [3.63, 3.8) is 0 Å². The third kappa shape index (κ3) is 2.37. The summed E-state index contributed by atoms with van der Waals surface area (Å²) in [5.41, 5.74) is 0. The lowest BCUT2D eigenvalue weighted by Gasteiger charge is -2.23. The lowest BCUT2D eigenvalue weighted by molar-refractivity contribution is -0.148. The second-order valence-electron chi connectivity index (χ2n) is 3.14. The summed E-state index contributed by atoms with van der Waals surface area (Å²) in [4.78, 5) is 15.3. The van der Waals surface area contributed by atoms with Crippen LogP contribution in [0.4, 0.5) is 0 Å². The van der Waals surface area contributed by atoms with Gasteiger partial charge in [-0.3, -0.25) is 0 Å². The van der Waals surface area contributed by atoms with E-state index in [9.17, 15) is 4.79 Å². The van der Waals surface area contributed by atoms with Crippen LogP contribution in [0.15, 0.2) is 12.4 Å². The molecule has 1 aliphatic heterocycles. The number of hydrogen-bond acceptors (Lipinski definition) is 4. The Morgan fingerprint density at radius 3 is 2.77 bits per heavy atom. The first kappa shape index (κ1) is 9.89. The van der Waals surface area contributed by atoms with Crippen molar-refractivity contribution in [3.8, 4) is 0 Å². The zero-order chi connectivity index (χ0) is 9.84. The van der Waals surface area contributed by atoms with Crippen molar-refractivity contribution in [2.45, 2.75) is 19.9 Å². The molecule has 1 rings (SSSR count). The summed E-state index contributed by atoms with van der Waals surface area (Å²) in [5, 5.41) is 0. The van der Waals surface area contributed by atoms with Gasteiger partial charge in [-0.05, 0) is 13.8 Å². The standard InChI is InChI=1S/C9H16N2O2/c1-4-13-9(12)8(2)11-6-5-10(3)7-11/h5-6,8H,4,7H2,1-3H3/t8-/m1/s1. The molecule has 0 radical (unpaired) electrons. The smallest absolute Gasteiger partial charge is 0.328 e. The van der Waals surface area contributed by atoms with E-state index in [0.29, 0.717) is 6.61 Å². The number of ether oxygens (including phenoxy) is 1. The zero-order valence-electron chi connectivity index (χ0n) is 8.36. The molecule has 0 bridgehead atoms. The molecule has 0 aromatic carbocycles. The molecular weight excluding hydrogens is 168 g/mol. The van der Waals surface area contributed by atoms with Gasteiger partial charge in [-0.2, -0.15) is 0 Å². The summed E-state index contributed by atoms with van der Waals surface area (Å²) in [5.74, 6) is -0.164. The summed E-state index contributed by atoms with van der Waals surface area (Å²) in [6.45, 7) is 4.86. The molecule has 1 atom stereocenters. The molecule has 0 N–H and O–H groups in total. The number of nitrogens with zero attached hydrogens (tertiary/aromatic N) is 2. The van der Waals surface area contributed by atoms with E-state index in [1.807, 2.05) is 43.1 Å². The van der Waals surface area contributed by atoms with Crippen molar-refractivity contribution >= 4 is 5.97 Å². The summed E-state index contributed by atoms with van der Waals surface area (Å²) in [6.07, 6.45) is 3.84. The molecule has 0 aromatic rings. The van der Waals surface area contributed by atoms with E-state index in [4.69, 9.17) is 4.74 Å². The van der Waals surface area contributed by atoms with Crippen molar-refractivity contribution in [2.75, 3.05) is 20.3 Å². The van der Waals surface area contributed by atoms with Crippen LogP contribution in [0, 0.1) is 0 Å². The van der Waals surface area contributed by atoms with Gasteiger partial charge in [0.15, 0.2) is 0 Å². The van der Waals surface area contributed by atoms with Gasteiger partial charge in [0.05, 0.1) is 13.3 Å². The molecule has 0 aliphatic carbocycles. The van der Waals surface area contributed by atoms with Gasteiger partial charge < -0.3 is 14.5 Å². The Morgan fingerprint density at radius 1 is 1.62 bits per heavy atom. The topological polar surface area (TPSA) is 32.8 Å². The maximum absolute atomic E-state index is 11.3. The molecule has 1 aliphatic rings. The minimum Gasteiger partial charge on any atom is -0.464 e. The van der Waals surface area contributed by atoms with E-state index >= 15 is 0 Å². The van der Waals surface area contributed by atoms with E-state index in [1.54, 1.807) is 0 Å². The maximum atomic E-state index is 11.3. The van der Waals surface area contributed by atoms with Gasteiger partial charge in [0.1, 0.15) is 6.04 Å². The van der Waals surface area contributed by atoms with Crippen LogP contribution in [0.25, 0.3) is 0 Å². The molecule has 0 fully saturated rings. The van der Waals surface area contributed by atoms with Gasteiger partial charge >= 0.3 is 5.97 Å². The predicted molar refractivity (Wildman–Crippen MR) is 49.7 cm³/mol. The number of esters is 1. The van der Waals surface area contributed by atoms with E-state index in [-0.39, 0.29) is 12.0 Å². The van der Waals surface area contributed by atoms with Crippen molar-refractivity contribution in [2.24, 2.45) is 0 Å². The molecule has 0 saturated heterocycles. The Kier molecular flexibility index (Phi) is 3.17. The molecule has 0 spiro atoms. The van der Waals surface area contributed by atoms with Crippen molar-refractivity contribution in [1.29, 1.82) is 0 Å². The van der Waals surface area contributed by atoms with Crippen molar-refractivity contribution < 1.29 is 9.53 Å². The summed E-state index contributed by atoms with van der Waals surface area (Å²) in [7, 11) is 1.97. The summed E-state index contributed by atoms with van der Waals surface area (Å²) in [6, 6.07) is -0.193. The van der Waals surface area contributed by atoms with Crippen LogP contribution in [0.3, 0.4) is 0 Å². The van der Waals surface area contributed by atoms with Gasteiger partial charge in [0, 0.05) is 19.4 Å². The number of hydrogen-bond donors (Lipinski definition) is 0. The highest BCUT2D eigenvalue weighted by Gasteiger charge is 2.22. The highest BCUT2D eigenvalue weighted by molar-refractivity contribution is 5.75. The lowest BCUT2D eigenvalue weighted by Crippen LogP contribution is -2.37. The van der Waals surface area contributed by atoms with E-state index in [2.05, 4.69) is 0 Å². The summed E-state index contributed by atoms with van der Waals surface area (Å²) < 4.78 is 4.92. The van der Waals surface area contributed by atoms with Crippen molar-refractivity contribution in [1.82, 2.24) is 9.80 Å². The maximum Gasteiger partial charge on any atom is 0.328 e. The van der Waals surface area contributed by atoms with Crippen LogP contribution in [0.5, 0.6) is 0 Å². The first-order chi connectivity index (χ1) is 6.15. The van der Waals surface area contributed by atoms with Crippen LogP contribution < -0.4 is 0 Å². The molecule has 1 heterocycles. The fourth-order valence-electron chi connectivity index (χ4n) is 1.20.